The summed E-state index contributed by atoms with van der Waals surface area (Å²) < 4.78 is 5.62. The van der Waals surface area contributed by atoms with Gasteiger partial charge in [-0.3, -0.25) is 15.3 Å². The van der Waals surface area contributed by atoms with E-state index < -0.39 is 18.1 Å². The molecule has 8 heteroatoms. The van der Waals surface area contributed by atoms with Crippen LogP contribution >= 0.6 is 0 Å². The average molecular weight is 417 g/mol. The van der Waals surface area contributed by atoms with Crippen molar-refractivity contribution in [3.05, 3.63) is 83.9 Å². The maximum absolute atomic E-state index is 12.5. The number of benzene rings is 3. The number of carbonyl (C=O) groups excluding carboxylic acids is 2. The normalized spacial score (nSPS) is 11.6. The number of phenols is 1. The van der Waals surface area contributed by atoms with Crippen LogP contribution in [0.5, 0.6) is 5.75 Å². The summed E-state index contributed by atoms with van der Waals surface area (Å²) >= 11 is 0. The standard InChI is InChI=1S/C23H19N3O5/c24-14-15-8-10-16(11-9-15)25-23(29)31-21(6-3-7-22(28)26-30)19-12-13-20(27)18-5-2-1-4-17(18)19/h1-5,7-13,21,27,30H,6H2,(H,25,29)(H,26,28)/b7-3+/t21-/m0/s1. The van der Waals surface area contributed by atoms with Gasteiger partial charge in [0.1, 0.15) is 11.9 Å². The van der Waals surface area contributed by atoms with Crippen LogP contribution in [0.2, 0.25) is 0 Å². The fourth-order valence-corrected chi connectivity index (χ4v) is 3.07. The Morgan fingerprint density at radius 3 is 2.45 bits per heavy atom. The highest BCUT2D eigenvalue weighted by Crippen LogP contribution is 2.34. The van der Waals surface area contributed by atoms with Gasteiger partial charge in [0.15, 0.2) is 0 Å². The van der Waals surface area contributed by atoms with E-state index in [1.807, 2.05) is 6.07 Å². The summed E-state index contributed by atoms with van der Waals surface area (Å²) in [6.07, 6.45) is 1.21. The number of aromatic hydroxyl groups is 1. The SMILES string of the molecule is N#Cc1ccc(NC(=O)O[C@@H](C/C=C/C(=O)NO)c2ccc(O)c3ccccc23)cc1. The third-order valence-corrected chi connectivity index (χ3v) is 4.52. The van der Waals surface area contributed by atoms with Gasteiger partial charge in [-0.25, -0.2) is 10.3 Å². The largest absolute Gasteiger partial charge is 0.507 e. The first-order valence-corrected chi connectivity index (χ1v) is 9.31. The number of nitrogens with one attached hydrogen (secondary N) is 2. The predicted octanol–water partition coefficient (Wildman–Crippen LogP) is 4.16. The lowest BCUT2D eigenvalue weighted by Gasteiger charge is -2.19. The lowest BCUT2D eigenvalue weighted by atomic mass is 9.97. The Kier molecular flexibility index (Phi) is 6.83. The molecule has 0 aromatic heterocycles. The topological polar surface area (TPSA) is 132 Å². The zero-order valence-corrected chi connectivity index (χ0v) is 16.3. The maximum Gasteiger partial charge on any atom is 0.412 e. The summed E-state index contributed by atoms with van der Waals surface area (Å²) in [5.41, 5.74) is 3.04. The van der Waals surface area contributed by atoms with Gasteiger partial charge in [0.2, 0.25) is 0 Å². The van der Waals surface area contributed by atoms with E-state index in [0.717, 1.165) is 6.08 Å². The zero-order valence-electron chi connectivity index (χ0n) is 16.3. The Morgan fingerprint density at radius 1 is 1.06 bits per heavy atom. The minimum atomic E-state index is -0.786. The maximum atomic E-state index is 12.5. The molecular formula is C23H19N3O5. The Morgan fingerprint density at radius 2 is 1.77 bits per heavy atom. The van der Waals surface area contributed by atoms with Gasteiger partial charge in [0, 0.05) is 29.1 Å². The third-order valence-electron chi connectivity index (χ3n) is 4.52. The van der Waals surface area contributed by atoms with Crippen molar-refractivity contribution >= 4 is 28.5 Å². The number of ether oxygens (including phenoxy) is 1. The first kappa shape index (κ1) is 21.4. The number of hydrogen-bond acceptors (Lipinski definition) is 6. The van der Waals surface area contributed by atoms with E-state index in [-0.39, 0.29) is 12.2 Å². The molecule has 0 saturated heterocycles. The summed E-state index contributed by atoms with van der Waals surface area (Å²) in [6, 6.07) is 18.6. The molecule has 156 valence electrons. The molecule has 0 aliphatic carbocycles. The summed E-state index contributed by atoms with van der Waals surface area (Å²) in [6.45, 7) is 0. The van der Waals surface area contributed by atoms with Crippen LogP contribution in [0.4, 0.5) is 10.5 Å². The van der Waals surface area contributed by atoms with Crippen LogP contribution in [-0.4, -0.2) is 22.3 Å². The van der Waals surface area contributed by atoms with E-state index in [1.165, 1.54) is 17.6 Å². The first-order valence-electron chi connectivity index (χ1n) is 9.31. The number of anilines is 1. The van der Waals surface area contributed by atoms with Crippen LogP contribution in [0.25, 0.3) is 10.8 Å². The second kappa shape index (κ2) is 9.91. The molecule has 0 bridgehead atoms. The predicted molar refractivity (Wildman–Crippen MR) is 113 cm³/mol. The molecule has 0 spiro atoms. The Balaban J connectivity index is 1.87. The monoisotopic (exact) mass is 417 g/mol. The summed E-state index contributed by atoms with van der Waals surface area (Å²) in [5, 5.41) is 31.5. The van der Waals surface area contributed by atoms with E-state index in [0.29, 0.717) is 27.6 Å². The van der Waals surface area contributed by atoms with Crippen molar-refractivity contribution in [1.29, 1.82) is 5.26 Å². The first-order chi connectivity index (χ1) is 15.0. The molecular weight excluding hydrogens is 398 g/mol. The molecule has 0 aliphatic heterocycles. The molecule has 8 nitrogen and oxygen atoms in total. The smallest absolute Gasteiger partial charge is 0.412 e. The fourth-order valence-electron chi connectivity index (χ4n) is 3.07. The lowest BCUT2D eigenvalue weighted by molar-refractivity contribution is -0.124. The molecule has 4 N–H and O–H groups in total. The van der Waals surface area contributed by atoms with Gasteiger partial charge >= 0.3 is 6.09 Å². The van der Waals surface area contributed by atoms with E-state index in [1.54, 1.807) is 54.6 Å². The van der Waals surface area contributed by atoms with Gasteiger partial charge in [-0.1, -0.05) is 36.4 Å². The minimum absolute atomic E-state index is 0.0929. The number of hydroxylamine groups is 1. The van der Waals surface area contributed by atoms with Gasteiger partial charge in [-0.15, -0.1) is 0 Å². The quantitative estimate of drug-likeness (QED) is 0.271. The van der Waals surface area contributed by atoms with Crippen molar-refractivity contribution < 1.29 is 24.6 Å². The highest BCUT2D eigenvalue weighted by atomic mass is 16.6. The van der Waals surface area contributed by atoms with Gasteiger partial charge in [0.05, 0.1) is 11.6 Å². The van der Waals surface area contributed by atoms with Crippen LogP contribution in [0, 0.1) is 11.3 Å². The molecule has 3 aromatic rings. The molecule has 1 atom stereocenters. The summed E-state index contributed by atoms with van der Waals surface area (Å²) in [4.78, 5) is 23.8. The molecule has 3 rings (SSSR count). The lowest BCUT2D eigenvalue weighted by Crippen LogP contribution is -2.18. The fraction of sp³-hybridized carbons (Fsp3) is 0.0870. The molecule has 0 unspecified atom stereocenters. The molecule has 0 radical (unpaired) electrons. The second-order valence-electron chi connectivity index (χ2n) is 6.54. The second-order valence-corrected chi connectivity index (χ2v) is 6.54. The Bertz CT molecular complexity index is 1170. The van der Waals surface area contributed by atoms with Crippen molar-refractivity contribution in [3.8, 4) is 11.8 Å². The van der Waals surface area contributed by atoms with Crippen molar-refractivity contribution in [2.24, 2.45) is 0 Å². The van der Waals surface area contributed by atoms with Crippen LogP contribution < -0.4 is 10.8 Å². The average Bonchev–Trinajstić information content (AvgIpc) is 2.79. The van der Waals surface area contributed by atoms with Crippen LogP contribution in [0.1, 0.15) is 23.7 Å². The number of rotatable bonds is 6. The van der Waals surface area contributed by atoms with Gasteiger partial charge in [0.25, 0.3) is 5.91 Å². The molecule has 0 fully saturated rings. The number of amides is 2. The number of phenolic OH excluding ortho intramolecular Hbond substituents is 1. The molecule has 0 saturated carbocycles. The number of fused-ring (bicyclic) bond motifs is 1. The Hall–Kier alpha value is -4.35. The summed E-state index contributed by atoms with van der Waals surface area (Å²) in [5.74, 6) is -0.619. The van der Waals surface area contributed by atoms with Crippen molar-refractivity contribution in [1.82, 2.24) is 5.48 Å². The summed E-state index contributed by atoms with van der Waals surface area (Å²) in [7, 11) is 0. The highest BCUT2D eigenvalue weighted by Gasteiger charge is 2.19. The number of carbonyl (C=O) groups is 2. The zero-order chi connectivity index (χ0) is 22.2. The third kappa shape index (κ3) is 5.38. The van der Waals surface area contributed by atoms with E-state index in [4.69, 9.17) is 15.2 Å². The molecule has 3 aromatic carbocycles. The van der Waals surface area contributed by atoms with E-state index in [2.05, 4.69) is 5.32 Å². The molecule has 0 aliphatic rings. The van der Waals surface area contributed by atoms with Gasteiger partial charge < -0.3 is 9.84 Å². The highest BCUT2D eigenvalue weighted by molar-refractivity contribution is 5.92. The van der Waals surface area contributed by atoms with Gasteiger partial charge in [-0.05, 0) is 35.7 Å². The van der Waals surface area contributed by atoms with Crippen molar-refractivity contribution in [2.45, 2.75) is 12.5 Å². The van der Waals surface area contributed by atoms with Crippen LogP contribution in [0.3, 0.4) is 0 Å². The number of hydrogen-bond donors (Lipinski definition) is 4. The number of nitriles is 1. The van der Waals surface area contributed by atoms with E-state index in [9.17, 15) is 14.7 Å². The molecule has 31 heavy (non-hydrogen) atoms. The minimum Gasteiger partial charge on any atom is -0.507 e. The Labute approximate surface area is 178 Å². The van der Waals surface area contributed by atoms with Gasteiger partial charge in [-0.2, -0.15) is 5.26 Å². The van der Waals surface area contributed by atoms with Crippen LogP contribution in [0.15, 0.2) is 72.8 Å². The van der Waals surface area contributed by atoms with Crippen molar-refractivity contribution in [3.63, 3.8) is 0 Å². The molecule has 2 amide bonds. The van der Waals surface area contributed by atoms with Crippen molar-refractivity contribution in [2.75, 3.05) is 5.32 Å². The van der Waals surface area contributed by atoms with E-state index >= 15 is 0 Å². The van der Waals surface area contributed by atoms with Crippen LogP contribution in [-0.2, 0) is 9.53 Å². The molecule has 0 heterocycles. The number of nitrogens with zero attached hydrogens (tertiary/aromatic N) is 1.